The van der Waals surface area contributed by atoms with E-state index in [1.54, 1.807) is 14.2 Å². The van der Waals surface area contributed by atoms with Crippen molar-refractivity contribution in [2.45, 2.75) is 6.42 Å². The first-order valence-corrected chi connectivity index (χ1v) is 6.93. The van der Waals surface area contributed by atoms with Gasteiger partial charge in [0.25, 0.3) is 0 Å². The number of rotatable bonds is 4. The predicted octanol–water partition coefficient (Wildman–Crippen LogP) is 3.82. The van der Waals surface area contributed by atoms with E-state index in [9.17, 15) is 0 Å². The minimum Gasteiger partial charge on any atom is -0.493 e. The van der Waals surface area contributed by atoms with Crippen molar-refractivity contribution in [2.75, 3.05) is 14.2 Å². The fraction of sp³-hybridized carbons (Fsp3) is 0.188. The number of benzene rings is 2. The molecule has 3 rings (SSSR count). The van der Waals surface area contributed by atoms with Gasteiger partial charge in [0, 0.05) is 23.6 Å². The van der Waals surface area contributed by atoms with Gasteiger partial charge in [-0.25, -0.2) is 4.98 Å². The minimum absolute atomic E-state index is 0.652. The van der Waals surface area contributed by atoms with Gasteiger partial charge in [0.15, 0.2) is 11.5 Å². The summed E-state index contributed by atoms with van der Waals surface area (Å²) in [7, 11) is 3.23. The smallest absolute Gasteiger partial charge is 0.163 e. The Bertz CT molecular complexity index is 742. The maximum atomic E-state index is 6.19. The molecule has 3 aromatic rings. The molecule has 0 saturated carbocycles. The minimum atomic E-state index is 0.652. The van der Waals surface area contributed by atoms with E-state index in [2.05, 4.69) is 9.97 Å². The summed E-state index contributed by atoms with van der Waals surface area (Å²) in [5.41, 5.74) is 2.79. The molecular weight excluding hydrogens is 288 g/mol. The monoisotopic (exact) mass is 302 g/mol. The molecule has 1 heterocycles. The third-order valence-corrected chi connectivity index (χ3v) is 3.72. The SMILES string of the molecule is COc1cc2nc(Cc3ccccc3Cl)[nH]c2cc1OC. The number of hydrogen-bond acceptors (Lipinski definition) is 3. The summed E-state index contributed by atoms with van der Waals surface area (Å²) < 4.78 is 10.6. The average molecular weight is 303 g/mol. The van der Waals surface area contributed by atoms with Gasteiger partial charge in [-0.3, -0.25) is 0 Å². The van der Waals surface area contributed by atoms with Gasteiger partial charge >= 0.3 is 0 Å². The van der Waals surface area contributed by atoms with Crippen LogP contribution in [0.3, 0.4) is 0 Å². The lowest BCUT2D eigenvalue weighted by Crippen LogP contribution is -1.91. The van der Waals surface area contributed by atoms with E-state index >= 15 is 0 Å². The first-order chi connectivity index (χ1) is 10.2. The number of methoxy groups -OCH3 is 2. The zero-order chi connectivity index (χ0) is 14.8. The highest BCUT2D eigenvalue weighted by atomic mass is 35.5. The molecule has 0 saturated heterocycles. The number of nitrogens with zero attached hydrogens (tertiary/aromatic N) is 1. The lowest BCUT2D eigenvalue weighted by molar-refractivity contribution is 0.356. The van der Waals surface area contributed by atoms with Crippen molar-refractivity contribution in [1.82, 2.24) is 9.97 Å². The summed E-state index contributed by atoms with van der Waals surface area (Å²) in [6, 6.07) is 11.5. The van der Waals surface area contributed by atoms with Gasteiger partial charge in [-0.1, -0.05) is 29.8 Å². The topological polar surface area (TPSA) is 47.1 Å². The van der Waals surface area contributed by atoms with Crippen LogP contribution in [0.25, 0.3) is 11.0 Å². The zero-order valence-corrected chi connectivity index (χ0v) is 12.6. The number of H-pyrrole nitrogens is 1. The summed E-state index contributed by atoms with van der Waals surface area (Å²) >= 11 is 6.19. The Morgan fingerprint density at radius 3 is 2.52 bits per heavy atom. The van der Waals surface area contributed by atoms with Crippen molar-refractivity contribution >= 4 is 22.6 Å². The Balaban J connectivity index is 1.99. The lowest BCUT2D eigenvalue weighted by atomic mass is 10.1. The fourth-order valence-corrected chi connectivity index (χ4v) is 2.50. The van der Waals surface area contributed by atoms with Crippen molar-refractivity contribution in [2.24, 2.45) is 0 Å². The zero-order valence-electron chi connectivity index (χ0n) is 11.8. The third kappa shape index (κ3) is 2.67. The molecule has 1 aromatic heterocycles. The molecule has 0 spiro atoms. The number of imidazole rings is 1. The highest BCUT2D eigenvalue weighted by Gasteiger charge is 2.11. The Morgan fingerprint density at radius 2 is 1.81 bits per heavy atom. The maximum absolute atomic E-state index is 6.19. The largest absolute Gasteiger partial charge is 0.493 e. The van der Waals surface area contributed by atoms with E-state index in [0.29, 0.717) is 17.9 Å². The summed E-state index contributed by atoms with van der Waals surface area (Å²) in [5, 5.41) is 0.744. The van der Waals surface area contributed by atoms with E-state index in [0.717, 1.165) is 27.4 Å². The van der Waals surface area contributed by atoms with Crippen molar-refractivity contribution in [3.8, 4) is 11.5 Å². The van der Waals surface area contributed by atoms with Crippen LogP contribution in [0.4, 0.5) is 0 Å². The van der Waals surface area contributed by atoms with Crippen LogP contribution in [0.5, 0.6) is 11.5 Å². The molecular formula is C16H15ClN2O2. The lowest BCUT2D eigenvalue weighted by Gasteiger charge is -2.06. The van der Waals surface area contributed by atoms with Gasteiger partial charge in [-0.15, -0.1) is 0 Å². The number of aromatic amines is 1. The van der Waals surface area contributed by atoms with Crippen LogP contribution in [0.1, 0.15) is 11.4 Å². The van der Waals surface area contributed by atoms with Crippen LogP contribution in [-0.2, 0) is 6.42 Å². The number of hydrogen-bond donors (Lipinski definition) is 1. The normalized spacial score (nSPS) is 10.8. The molecule has 0 atom stereocenters. The Kier molecular flexibility index (Phi) is 3.71. The van der Waals surface area contributed by atoms with Gasteiger partial charge in [-0.2, -0.15) is 0 Å². The fourth-order valence-electron chi connectivity index (χ4n) is 2.30. The molecule has 21 heavy (non-hydrogen) atoms. The molecule has 5 heteroatoms. The quantitative estimate of drug-likeness (QED) is 0.797. The summed E-state index contributed by atoms with van der Waals surface area (Å²) in [6.07, 6.45) is 0.652. The van der Waals surface area contributed by atoms with Gasteiger partial charge < -0.3 is 14.5 Å². The summed E-state index contributed by atoms with van der Waals surface area (Å²) in [4.78, 5) is 7.88. The van der Waals surface area contributed by atoms with Gasteiger partial charge in [0.1, 0.15) is 5.82 Å². The van der Waals surface area contributed by atoms with E-state index in [4.69, 9.17) is 21.1 Å². The molecule has 4 nitrogen and oxygen atoms in total. The molecule has 0 bridgehead atoms. The molecule has 0 fully saturated rings. The molecule has 0 aliphatic heterocycles. The molecule has 0 aliphatic carbocycles. The second-order valence-corrected chi connectivity index (χ2v) is 5.08. The first-order valence-electron chi connectivity index (χ1n) is 6.55. The molecule has 0 radical (unpaired) electrons. The molecule has 0 aliphatic rings. The number of halogens is 1. The van der Waals surface area contributed by atoms with E-state index < -0.39 is 0 Å². The Labute approximate surface area is 127 Å². The highest BCUT2D eigenvalue weighted by molar-refractivity contribution is 6.31. The predicted molar refractivity (Wildman–Crippen MR) is 83.5 cm³/mol. The van der Waals surface area contributed by atoms with Crippen LogP contribution >= 0.6 is 11.6 Å². The Morgan fingerprint density at radius 1 is 1.10 bits per heavy atom. The molecule has 1 N–H and O–H groups in total. The Hall–Kier alpha value is -2.20. The maximum Gasteiger partial charge on any atom is 0.163 e. The summed E-state index contributed by atoms with van der Waals surface area (Å²) in [6.45, 7) is 0. The molecule has 0 amide bonds. The number of aromatic nitrogens is 2. The van der Waals surface area contributed by atoms with Crippen LogP contribution in [0.15, 0.2) is 36.4 Å². The number of nitrogens with one attached hydrogen (secondary N) is 1. The average Bonchev–Trinajstić information content (AvgIpc) is 2.89. The van der Waals surface area contributed by atoms with E-state index in [-0.39, 0.29) is 0 Å². The second-order valence-electron chi connectivity index (χ2n) is 4.68. The highest BCUT2D eigenvalue weighted by Crippen LogP contribution is 2.31. The standard InChI is InChI=1S/C16H15ClN2O2/c1-20-14-8-12-13(9-15(14)21-2)19-16(18-12)7-10-5-3-4-6-11(10)17/h3-6,8-9H,7H2,1-2H3,(H,18,19). The van der Waals surface area contributed by atoms with Gasteiger partial charge in [0.05, 0.1) is 25.3 Å². The van der Waals surface area contributed by atoms with E-state index in [1.807, 2.05) is 36.4 Å². The molecule has 0 unspecified atom stereocenters. The molecule has 108 valence electrons. The van der Waals surface area contributed by atoms with Crippen molar-refractivity contribution in [1.29, 1.82) is 0 Å². The van der Waals surface area contributed by atoms with Crippen LogP contribution in [0, 0.1) is 0 Å². The third-order valence-electron chi connectivity index (χ3n) is 3.35. The van der Waals surface area contributed by atoms with Crippen LogP contribution in [0.2, 0.25) is 5.02 Å². The number of fused-ring (bicyclic) bond motifs is 1. The van der Waals surface area contributed by atoms with Crippen LogP contribution < -0.4 is 9.47 Å². The van der Waals surface area contributed by atoms with Gasteiger partial charge in [0.2, 0.25) is 0 Å². The van der Waals surface area contributed by atoms with Crippen molar-refractivity contribution in [3.63, 3.8) is 0 Å². The van der Waals surface area contributed by atoms with Crippen LogP contribution in [-0.4, -0.2) is 24.2 Å². The molecule has 2 aromatic carbocycles. The van der Waals surface area contributed by atoms with Crippen molar-refractivity contribution in [3.05, 3.63) is 52.8 Å². The number of ether oxygens (including phenoxy) is 2. The van der Waals surface area contributed by atoms with Crippen molar-refractivity contribution < 1.29 is 9.47 Å². The second kappa shape index (κ2) is 5.66. The first kappa shape index (κ1) is 13.8. The van der Waals surface area contributed by atoms with E-state index in [1.165, 1.54) is 0 Å². The summed E-state index contributed by atoms with van der Waals surface area (Å²) in [5.74, 6) is 2.20. The van der Waals surface area contributed by atoms with Gasteiger partial charge in [-0.05, 0) is 11.6 Å².